The Hall–Kier alpha value is -2.38. The third kappa shape index (κ3) is 3.40. The molecule has 3 aromatic rings. The molecule has 0 saturated carbocycles. The van der Waals surface area contributed by atoms with Gasteiger partial charge in [-0.15, -0.1) is 11.3 Å². The highest BCUT2D eigenvalue weighted by molar-refractivity contribution is 7.18. The van der Waals surface area contributed by atoms with Crippen LogP contribution in [0.5, 0.6) is 11.5 Å². The summed E-state index contributed by atoms with van der Waals surface area (Å²) in [6, 6.07) is 6.25. The second-order valence-electron chi connectivity index (χ2n) is 8.14. The Morgan fingerprint density at radius 2 is 2.07 bits per heavy atom. The lowest BCUT2D eigenvalue weighted by atomic mass is 9.97. The Labute approximate surface area is 179 Å². The molecule has 2 aliphatic rings. The molecule has 7 heteroatoms. The van der Waals surface area contributed by atoms with Crippen molar-refractivity contribution in [2.45, 2.75) is 51.1 Å². The van der Waals surface area contributed by atoms with Crippen molar-refractivity contribution in [1.82, 2.24) is 14.9 Å². The quantitative estimate of drug-likeness (QED) is 0.663. The highest BCUT2D eigenvalue weighted by Gasteiger charge is 2.29. The molecule has 1 N–H and O–H groups in total. The molecule has 1 aliphatic carbocycles. The second kappa shape index (κ2) is 8.04. The summed E-state index contributed by atoms with van der Waals surface area (Å²) in [5, 5.41) is 0.827. The third-order valence-corrected chi connectivity index (χ3v) is 7.58. The lowest BCUT2D eigenvalue weighted by Gasteiger charge is -2.26. The van der Waals surface area contributed by atoms with E-state index in [0.717, 1.165) is 65.3 Å². The largest absolute Gasteiger partial charge is 0.497 e. The van der Waals surface area contributed by atoms with Crippen LogP contribution in [0.3, 0.4) is 0 Å². The first-order valence-electron chi connectivity index (χ1n) is 10.7. The predicted molar refractivity (Wildman–Crippen MR) is 119 cm³/mol. The maximum absolute atomic E-state index is 12.9. The number of likely N-dealkylation sites (tertiary alicyclic amines) is 1. The summed E-state index contributed by atoms with van der Waals surface area (Å²) in [7, 11) is 3.36. The minimum absolute atomic E-state index is 0.0205. The number of methoxy groups -OCH3 is 2. The number of thiophene rings is 1. The van der Waals surface area contributed by atoms with Crippen LogP contribution in [-0.2, 0) is 19.4 Å². The molecule has 0 unspecified atom stereocenters. The molecule has 1 aromatic carbocycles. The van der Waals surface area contributed by atoms with Gasteiger partial charge in [0.1, 0.15) is 22.2 Å². The van der Waals surface area contributed by atoms with E-state index in [1.165, 1.54) is 23.3 Å². The minimum Gasteiger partial charge on any atom is -0.497 e. The van der Waals surface area contributed by atoms with Gasteiger partial charge in [-0.3, -0.25) is 9.69 Å². The molecular weight excluding hydrogens is 398 g/mol. The van der Waals surface area contributed by atoms with Crippen molar-refractivity contribution in [3.63, 3.8) is 0 Å². The van der Waals surface area contributed by atoms with Crippen molar-refractivity contribution < 1.29 is 9.47 Å². The molecule has 1 fully saturated rings. The number of nitrogens with one attached hydrogen (secondary N) is 1. The van der Waals surface area contributed by atoms with Gasteiger partial charge >= 0.3 is 0 Å². The molecule has 0 radical (unpaired) electrons. The molecule has 30 heavy (non-hydrogen) atoms. The SMILES string of the molecule is COc1ccc([C@@H]2CCCN2Cc2nc3sc4c(c3c(=O)[nH]2)CCCC4)c(OC)c1. The van der Waals surface area contributed by atoms with Gasteiger partial charge in [-0.2, -0.15) is 0 Å². The number of aromatic amines is 1. The van der Waals surface area contributed by atoms with Gasteiger partial charge in [0, 0.05) is 22.5 Å². The van der Waals surface area contributed by atoms with Gasteiger partial charge in [0.25, 0.3) is 5.56 Å². The number of ether oxygens (including phenoxy) is 2. The molecule has 0 amide bonds. The van der Waals surface area contributed by atoms with E-state index in [-0.39, 0.29) is 11.6 Å². The van der Waals surface area contributed by atoms with Crippen molar-refractivity contribution in [3.8, 4) is 11.5 Å². The van der Waals surface area contributed by atoms with Gasteiger partial charge in [-0.25, -0.2) is 4.98 Å². The van der Waals surface area contributed by atoms with Gasteiger partial charge in [-0.05, 0) is 56.7 Å². The standard InChI is InChI=1S/C23H27N3O3S/c1-28-14-9-10-15(18(12-14)29-2)17-7-5-11-26(17)13-20-24-22(27)21-16-6-3-4-8-19(16)30-23(21)25-20/h9-10,12,17H,3-8,11,13H2,1-2H3,(H,24,25,27)/t17-/m0/s1. The zero-order valence-electron chi connectivity index (χ0n) is 17.5. The molecule has 5 rings (SSSR count). The third-order valence-electron chi connectivity index (χ3n) is 6.39. The van der Waals surface area contributed by atoms with Crippen LogP contribution in [0.1, 0.15) is 53.6 Å². The lowest BCUT2D eigenvalue weighted by Crippen LogP contribution is -2.26. The average Bonchev–Trinajstić information content (AvgIpc) is 3.37. The van der Waals surface area contributed by atoms with Crippen molar-refractivity contribution in [2.24, 2.45) is 0 Å². The Morgan fingerprint density at radius 3 is 2.90 bits per heavy atom. The van der Waals surface area contributed by atoms with Crippen molar-refractivity contribution >= 4 is 21.6 Å². The topological polar surface area (TPSA) is 67.5 Å². The summed E-state index contributed by atoms with van der Waals surface area (Å²) < 4.78 is 11.0. The van der Waals surface area contributed by atoms with Gasteiger partial charge in [0.2, 0.25) is 0 Å². The molecule has 1 aliphatic heterocycles. The Morgan fingerprint density at radius 1 is 1.20 bits per heavy atom. The van der Waals surface area contributed by atoms with Crippen LogP contribution in [0.25, 0.3) is 10.2 Å². The number of hydrogen-bond acceptors (Lipinski definition) is 6. The molecule has 2 aromatic heterocycles. The number of nitrogens with zero attached hydrogens (tertiary/aromatic N) is 2. The van der Waals surface area contributed by atoms with Crippen LogP contribution in [0.2, 0.25) is 0 Å². The minimum atomic E-state index is 0.0205. The van der Waals surface area contributed by atoms with Crippen LogP contribution in [0.15, 0.2) is 23.0 Å². The molecule has 158 valence electrons. The summed E-state index contributed by atoms with van der Waals surface area (Å²) >= 11 is 1.71. The number of aromatic nitrogens is 2. The number of hydrogen-bond donors (Lipinski definition) is 1. The fraction of sp³-hybridized carbons (Fsp3) is 0.478. The maximum Gasteiger partial charge on any atom is 0.259 e. The fourth-order valence-corrected chi connectivity index (χ4v) is 6.22. The van der Waals surface area contributed by atoms with Crippen molar-refractivity contribution in [3.05, 3.63) is 50.4 Å². The van der Waals surface area contributed by atoms with Gasteiger partial charge in [0.05, 0.1) is 26.2 Å². The van der Waals surface area contributed by atoms with Crippen LogP contribution >= 0.6 is 11.3 Å². The predicted octanol–water partition coefficient (Wildman–Crippen LogP) is 4.22. The first-order valence-corrected chi connectivity index (χ1v) is 11.5. The van der Waals surface area contributed by atoms with Gasteiger partial charge in [-0.1, -0.05) is 6.07 Å². The van der Waals surface area contributed by atoms with Crippen molar-refractivity contribution in [1.29, 1.82) is 0 Å². The van der Waals surface area contributed by atoms with E-state index in [4.69, 9.17) is 14.5 Å². The van der Waals surface area contributed by atoms with Crippen LogP contribution < -0.4 is 15.0 Å². The highest BCUT2D eigenvalue weighted by Crippen LogP contribution is 2.39. The number of fused-ring (bicyclic) bond motifs is 3. The maximum atomic E-state index is 12.9. The number of benzene rings is 1. The van der Waals surface area contributed by atoms with Gasteiger partial charge in [0.15, 0.2) is 0 Å². The van der Waals surface area contributed by atoms with E-state index in [2.05, 4.69) is 16.0 Å². The Balaban J connectivity index is 1.45. The monoisotopic (exact) mass is 425 g/mol. The molecule has 1 atom stereocenters. The van der Waals surface area contributed by atoms with E-state index in [9.17, 15) is 4.79 Å². The normalized spacial score (nSPS) is 19.2. The van der Waals surface area contributed by atoms with E-state index in [0.29, 0.717) is 6.54 Å². The van der Waals surface area contributed by atoms with Crippen LogP contribution in [0, 0.1) is 0 Å². The molecule has 3 heterocycles. The van der Waals surface area contributed by atoms with Crippen molar-refractivity contribution in [2.75, 3.05) is 20.8 Å². The summed E-state index contributed by atoms with van der Waals surface area (Å²) in [6.07, 6.45) is 6.63. The molecule has 0 bridgehead atoms. The zero-order chi connectivity index (χ0) is 20.7. The van der Waals surface area contributed by atoms with E-state index >= 15 is 0 Å². The van der Waals surface area contributed by atoms with Crippen LogP contribution in [0.4, 0.5) is 0 Å². The summed E-state index contributed by atoms with van der Waals surface area (Å²) in [4.78, 5) is 25.5. The highest BCUT2D eigenvalue weighted by atomic mass is 32.1. The first-order chi connectivity index (χ1) is 14.7. The molecule has 0 spiro atoms. The Kier molecular flexibility index (Phi) is 5.25. The molecule has 1 saturated heterocycles. The van der Waals surface area contributed by atoms with Crippen LogP contribution in [-0.4, -0.2) is 35.6 Å². The first kappa shape index (κ1) is 19.6. The molecular formula is C23H27N3O3S. The summed E-state index contributed by atoms with van der Waals surface area (Å²) in [5.41, 5.74) is 2.42. The number of aryl methyl sites for hydroxylation is 2. The number of H-pyrrole nitrogens is 1. The second-order valence-corrected chi connectivity index (χ2v) is 9.22. The fourth-order valence-electron chi connectivity index (χ4n) is 4.94. The zero-order valence-corrected chi connectivity index (χ0v) is 18.3. The van der Waals surface area contributed by atoms with E-state index in [1.54, 1.807) is 25.6 Å². The van der Waals surface area contributed by atoms with E-state index in [1.807, 2.05) is 12.1 Å². The molecule has 6 nitrogen and oxygen atoms in total. The Bertz CT molecular complexity index is 1140. The average molecular weight is 426 g/mol. The summed E-state index contributed by atoms with van der Waals surface area (Å²) in [6.45, 7) is 1.61. The van der Waals surface area contributed by atoms with Gasteiger partial charge < -0.3 is 14.5 Å². The smallest absolute Gasteiger partial charge is 0.259 e. The number of rotatable bonds is 5. The van der Waals surface area contributed by atoms with E-state index < -0.39 is 0 Å². The summed E-state index contributed by atoms with van der Waals surface area (Å²) in [5.74, 6) is 2.39. The lowest BCUT2D eigenvalue weighted by molar-refractivity contribution is 0.237.